The van der Waals surface area contributed by atoms with Crippen LogP contribution in [0.4, 0.5) is 0 Å². The summed E-state index contributed by atoms with van der Waals surface area (Å²) in [6, 6.07) is 0. The van der Waals surface area contributed by atoms with Gasteiger partial charge in [0.1, 0.15) is 0 Å². The summed E-state index contributed by atoms with van der Waals surface area (Å²) in [5.41, 5.74) is 0.0723. The van der Waals surface area contributed by atoms with Crippen LogP contribution in [-0.2, 0) is 9.47 Å². The van der Waals surface area contributed by atoms with E-state index in [1.807, 2.05) is 27.7 Å². The highest BCUT2D eigenvalue weighted by Gasteiger charge is 2.40. The Bertz CT molecular complexity index is 121. The zero-order valence-electron chi connectivity index (χ0n) is 9.72. The predicted molar refractivity (Wildman–Crippen MR) is 56.0 cm³/mol. The molecule has 2 heteroatoms. The smallest absolute Gasteiger partial charge is 0.0891 e. The van der Waals surface area contributed by atoms with E-state index >= 15 is 0 Å². The van der Waals surface area contributed by atoms with Crippen LogP contribution in [0.2, 0.25) is 0 Å². The lowest BCUT2D eigenvalue weighted by molar-refractivity contribution is -0.0504. The maximum atomic E-state index is 5.54. The van der Waals surface area contributed by atoms with Crippen LogP contribution >= 0.6 is 0 Å². The van der Waals surface area contributed by atoms with Crippen LogP contribution in [0, 0.1) is 5.92 Å². The zero-order valence-corrected chi connectivity index (χ0v) is 9.72. The van der Waals surface area contributed by atoms with Crippen molar-refractivity contribution in [3.05, 3.63) is 0 Å². The molecule has 0 aromatic heterocycles. The van der Waals surface area contributed by atoms with E-state index in [-0.39, 0.29) is 5.60 Å². The van der Waals surface area contributed by atoms with Crippen LogP contribution < -0.4 is 0 Å². The van der Waals surface area contributed by atoms with Gasteiger partial charge in [-0.15, -0.1) is 0 Å². The third-order valence-corrected chi connectivity index (χ3v) is 2.15. The fraction of sp³-hybridized carbons (Fsp3) is 1.00. The molecule has 2 aliphatic heterocycles. The third-order valence-electron chi connectivity index (χ3n) is 2.15. The average Bonchev–Trinajstić information content (AvgIpc) is 2.47. The van der Waals surface area contributed by atoms with Crippen molar-refractivity contribution in [2.45, 2.75) is 46.6 Å². The second-order valence-corrected chi connectivity index (χ2v) is 3.35. The summed E-state index contributed by atoms with van der Waals surface area (Å²) < 4.78 is 10.9. The lowest BCUT2D eigenvalue weighted by atomic mass is 9.95. The SMILES string of the molecule is CC.CC.CC12COCC(CO1)C2. The Morgan fingerprint density at radius 1 is 1.08 bits per heavy atom. The standard InChI is InChI=1S/C7H12O2.2C2H6/c1-7-2-6(4-9-7)3-8-5-7;2*1-2/h6H,2-5H2,1H3;2*1-2H3. The molecule has 0 aliphatic carbocycles. The fourth-order valence-corrected chi connectivity index (χ4v) is 1.70. The summed E-state index contributed by atoms with van der Waals surface area (Å²) in [7, 11) is 0. The van der Waals surface area contributed by atoms with Crippen molar-refractivity contribution in [1.82, 2.24) is 0 Å². The lowest BCUT2D eigenvalue weighted by Gasteiger charge is -2.26. The molecule has 0 saturated carbocycles. The van der Waals surface area contributed by atoms with Crippen molar-refractivity contribution in [2.24, 2.45) is 5.92 Å². The predicted octanol–water partition coefficient (Wildman–Crippen LogP) is 2.86. The minimum Gasteiger partial charge on any atom is -0.378 e. The van der Waals surface area contributed by atoms with E-state index in [9.17, 15) is 0 Å². The van der Waals surface area contributed by atoms with Gasteiger partial charge >= 0.3 is 0 Å². The summed E-state index contributed by atoms with van der Waals surface area (Å²) in [6.45, 7) is 12.8. The van der Waals surface area contributed by atoms with Crippen LogP contribution in [0.3, 0.4) is 0 Å². The molecule has 0 N–H and O–H groups in total. The first-order chi connectivity index (χ1) is 6.29. The van der Waals surface area contributed by atoms with Gasteiger partial charge in [-0.2, -0.15) is 0 Å². The molecule has 2 nitrogen and oxygen atoms in total. The molecule has 80 valence electrons. The zero-order chi connectivity index (χ0) is 10.3. The van der Waals surface area contributed by atoms with E-state index in [2.05, 4.69) is 6.92 Å². The quantitative estimate of drug-likeness (QED) is 0.582. The molecule has 2 bridgehead atoms. The number of hydrogen-bond donors (Lipinski definition) is 0. The molecule has 2 rings (SSSR count). The maximum Gasteiger partial charge on any atom is 0.0891 e. The Morgan fingerprint density at radius 2 is 1.69 bits per heavy atom. The highest BCUT2D eigenvalue weighted by Crippen LogP contribution is 2.33. The highest BCUT2D eigenvalue weighted by atomic mass is 16.6. The first-order valence-corrected chi connectivity index (χ1v) is 5.50. The molecule has 2 heterocycles. The molecule has 0 amide bonds. The van der Waals surface area contributed by atoms with E-state index < -0.39 is 0 Å². The number of hydrogen-bond acceptors (Lipinski definition) is 2. The van der Waals surface area contributed by atoms with E-state index in [1.165, 1.54) is 6.42 Å². The van der Waals surface area contributed by atoms with Crippen molar-refractivity contribution in [1.29, 1.82) is 0 Å². The number of rotatable bonds is 0. The molecule has 0 spiro atoms. The van der Waals surface area contributed by atoms with Crippen molar-refractivity contribution < 1.29 is 9.47 Å². The molecule has 2 atom stereocenters. The number of fused-ring (bicyclic) bond motifs is 2. The van der Waals surface area contributed by atoms with Gasteiger partial charge < -0.3 is 9.47 Å². The summed E-state index contributed by atoms with van der Waals surface area (Å²) in [4.78, 5) is 0. The Kier molecular flexibility index (Phi) is 6.35. The van der Waals surface area contributed by atoms with Gasteiger partial charge in [0.05, 0.1) is 25.4 Å². The van der Waals surface area contributed by atoms with Crippen LogP contribution in [0.15, 0.2) is 0 Å². The average molecular weight is 188 g/mol. The molecule has 0 aromatic rings. The van der Waals surface area contributed by atoms with Gasteiger partial charge in [0.25, 0.3) is 0 Å². The van der Waals surface area contributed by atoms with Gasteiger partial charge in [0.2, 0.25) is 0 Å². The van der Waals surface area contributed by atoms with Crippen molar-refractivity contribution in [3.63, 3.8) is 0 Å². The third kappa shape index (κ3) is 3.65. The minimum atomic E-state index is 0.0723. The lowest BCUT2D eigenvalue weighted by Crippen LogP contribution is -2.33. The van der Waals surface area contributed by atoms with Crippen molar-refractivity contribution >= 4 is 0 Å². The second-order valence-electron chi connectivity index (χ2n) is 3.35. The van der Waals surface area contributed by atoms with Crippen LogP contribution in [-0.4, -0.2) is 25.4 Å². The summed E-state index contributed by atoms with van der Waals surface area (Å²) in [5, 5.41) is 0. The maximum absolute atomic E-state index is 5.54. The Balaban J connectivity index is 0.000000322. The molecule has 0 aromatic carbocycles. The topological polar surface area (TPSA) is 18.5 Å². The summed E-state index contributed by atoms with van der Waals surface area (Å²) >= 11 is 0. The first kappa shape index (κ1) is 12.9. The fourth-order valence-electron chi connectivity index (χ4n) is 1.70. The Hall–Kier alpha value is -0.0800. The van der Waals surface area contributed by atoms with Gasteiger partial charge in [0, 0.05) is 5.92 Å². The molecule has 2 aliphatic rings. The molecule has 13 heavy (non-hydrogen) atoms. The number of ether oxygens (including phenoxy) is 2. The van der Waals surface area contributed by atoms with Crippen LogP contribution in [0.1, 0.15) is 41.0 Å². The van der Waals surface area contributed by atoms with Crippen LogP contribution in [0.5, 0.6) is 0 Å². The highest BCUT2D eigenvalue weighted by molar-refractivity contribution is 4.88. The summed E-state index contributed by atoms with van der Waals surface area (Å²) in [6.07, 6.45) is 1.20. The molecule has 2 fully saturated rings. The molecule has 2 saturated heterocycles. The van der Waals surface area contributed by atoms with Gasteiger partial charge in [-0.25, -0.2) is 0 Å². The van der Waals surface area contributed by atoms with Crippen molar-refractivity contribution in [2.75, 3.05) is 19.8 Å². The van der Waals surface area contributed by atoms with Gasteiger partial charge in [-0.1, -0.05) is 27.7 Å². The summed E-state index contributed by atoms with van der Waals surface area (Å²) in [5.74, 6) is 0.684. The van der Waals surface area contributed by atoms with Gasteiger partial charge in [0.15, 0.2) is 0 Å². The Labute approximate surface area is 82.6 Å². The van der Waals surface area contributed by atoms with Crippen molar-refractivity contribution in [3.8, 4) is 0 Å². The Morgan fingerprint density at radius 3 is 2.15 bits per heavy atom. The molecular formula is C11H24O2. The first-order valence-electron chi connectivity index (χ1n) is 5.50. The van der Waals surface area contributed by atoms with E-state index in [1.54, 1.807) is 0 Å². The molecular weight excluding hydrogens is 164 g/mol. The van der Waals surface area contributed by atoms with Gasteiger partial charge in [-0.3, -0.25) is 0 Å². The van der Waals surface area contributed by atoms with E-state index in [4.69, 9.17) is 9.47 Å². The molecule has 2 unspecified atom stereocenters. The normalized spacial score (nSPS) is 35.3. The second kappa shape index (κ2) is 6.39. The van der Waals surface area contributed by atoms with Gasteiger partial charge in [-0.05, 0) is 13.3 Å². The minimum absolute atomic E-state index is 0.0723. The monoisotopic (exact) mass is 188 g/mol. The van der Waals surface area contributed by atoms with E-state index in [0.717, 1.165) is 19.8 Å². The molecule has 0 radical (unpaired) electrons. The van der Waals surface area contributed by atoms with Crippen LogP contribution in [0.25, 0.3) is 0 Å². The van der Waals surface area contributed by atoms with E-state index in [0.29, 0.717) is 5.92 Å². The largest absolute Gasteiger partial charge is 0.378 e.